The van der Waals surface area contributed by atoms with Gasteiger partial charge in [-0.05, 0) is 61.4 Å². The average Bonchev–Trinajstić information content (AvgIpc) is 3.15. The maximum Gasteiger partial charge on any atom is 0.326 e. The molecule has 0 bridgehead atoms. The number of nitrogens with zero attached hydrogens (tertiary/aromatic N) is 3. The Morgan fingerprint density at radius 1 is 0.782 bits per heavy atom. The van der Waals surface area contributed by atoms with Gasteiger partial charge in [-0.3, -0.25) is 29.1 Å². The standard InChI is InChI=1S/C40H61N9O6/c1-6-27(4)34(38(53)46-33(39(54)55)24-28-11-8-7-9-12-28)47-37(52)32(23-26(2)3)45-36(51)31(13-10-18-43-40(41)42)44-35(50)30-16-14-29(15-17-30)25-49-21-19-48(5)20-22-49/h7-9,11-12,14-17,26-27,31-34H,6,10,13,18-25H2,1-5H3,(H,44,50)(H,45,51)(H,46,53)(H,47,52)(H,54,55)(H4,41,42,43)/t27-,31-,32-,33-,34-/m0/s1. The SMILES string of the molecule is CC[C@H](C)[C@H](NC(=O)[C@H](CC(C)C)NC(=O)[C@H](CCCN=C(N)N)NC(=O)c1ccc(CN2CCN(C)CC2)cc1)C(=O)N[C@@H](Cc1ccccc1)C(=O)O. The first-order valence-corrected chi connectivity index (χ1v) is 19.2. The Labute approximate surface area is 325 Å². The molecule has 1 saturated heterocycles. The lowest BCUT2D eigenvalue weighted by Crippen LogP contribution is -2.59. The minimum atomic E-state index is -1.22. The highest BCUT2D eigenvalue weighted by atomic mass is 16.4. The molecule has 2 aromatic carbocycles. The van der Waals surface area contributed by atoms with Crippen molar-refractivity contribution in [2.75, 3.05) is 39.8 Å². The Bertz CT molecular complexity index is 1580. The summed E-state index contributed by atoms with van der Waals surface area (Å²) in [7, 11) is 2.11. The lowest BCUT2D eigenvalue weighted by molar-refractivity contribution is -0.142. The van der Waals surface area contributed by atoms with E-state index in [9.17, 15) is 29.1 Å². The normalized spacial score (nSPS) is 16.2. The van der Waals surface area contributed by atoms with Gasteiger partial charge in [0.25, 0.3) is 5.91 Å². The lowest BCUT2D eigenvalue weighted by Gasteiger charge is -2.32. The smallest absolute Gasteiger partial charge is 0.326 e. The maximum atomic E-state index is 13.9. The van der Waals surface area contributed by atoms with Crippen LogP contribution in [-0.4, -0.2) is 114 Å². The summed E-state index contributed by atoms with van der Waals surface area (Å²) in [6, 6.07) is 11.8. The van der Waals surface area contributed by atoms with Crippen LogP contribution in [0.25, 0.3) is 0 Å². The van der Waals surface area contributed by atoms with E-state index >= 15 is 0 Å². The minimum Gasteiger partial charge on any atom is -0.480 e. The van der Waals surface area contributed by atoms with E-state index < -0.39 is 53.8 Å². The van der Waals surface area contributed by atoms with Crippen molar-refractivity contribution >= 4 is 35.6 Å². The zero-order valence-corrected chi connectivity index (χ0v) is 32.9. The van der Waals surface area contributed by atoms with E-state index in [4.69, 9.17) is 11.5 Å². The molecule has 302 valence electrons. The van der Waals surface area contributed by atoms with Crippen LogP contribution in [0.2, 0.25) is 0 Å². The first-order chi connectivity index (χ1) is 26.2. The molecular weight excluding hydrogens is 702 g/mol. The predicted molar refractivity (Wildman–Crippen MR) is 213 cm³/mol. The Morgan fingerprint density at radius 2 is 1.40 bits per heavy atom. The number of piperazine rings is 1. The summed E-state index contributed by atoms with van der Waals surface area (Å²) in [6.45, 7) is 12.4. The highest BCUT2D eigenvalue weighted by molar-refractivity contribution is 5.99. The predicted octanol–water partition coefficient (Wildman–Crippen LogP) is 1.46. The molecule has 0 aliphatic carbocycles. The molecule has 4 amide bonds. The fourth-order valence-corrected chi connectivity index (χ4v) is 6.28. The molecule has 0 unspecified atom stereocenters. The molecule has 55 heavy (non-hydrogen) atoms. The fraction of sp³-hybridized carbons (Fsp3) is 0.550. The quantitative estimate of drug-likeness (QED) is 0.0551. The molecule has 5 atom stereocenters. The molecule has 2 aromatic rings. The number of benzene rings is 2. The first kappa shape index (κ1) is 44.4. The second-order valence-electron chi connectivity index (χ2n) is 14.9. The van der Waals surface area contributed by atoms with Crippen LogP contribution in [0.4, 0.5) is 0 Å². The van der Waals surface area contributed by atoms with Gasteiger partial charge in [0, 0.05) is 51.3 Å². The van der Waals surface area contributed by atoms with E-state index in [1.807, 2.05) is 39.0 Å². The largest absolute Gasteiger partial charge is 0.480 e. The van der Waals surface area contributed by atoms with Crippen LogP contribution in [0, 0.1) is 11.8 Å². The number of hydrogen-bond acceptors (Lipinski definition) is 8. The second-order valence-corrected chi connectivity index (χ2v) is 14.9. The van der Waals surface area contributed by atoms with Gasteiger partial charge in [0.05, 0.1) is 0 Å². The van der Waals surface area contributed by atoms with Gasteiger partial charge in [-0.25, -0.2) is 4.79 Å². The number of nitrogens with one attached hydrogen (secondary N) is 4. The van der Waals surface area contributed by atoms with Gasteiger partial charge in [-0.2, -0.15) is 0 Å². The summed E-state index contributed by atoms with van der Waals surface area (Å²) in [5, 5.41) is 21.0. The number of aliphatic imine (C=N–C) groups is 1. The molecular formula is C40H61N9O6. The number of rotatable bonds is 21. The third kappa shape index (κ3) is 15.3. The maximum absolute atomic E-state index is 13.9. The third-order valence-electron chi connectivity index (χ3n) is 9.82. The third-order valence-corrected chi connectivity index (χ3v) is 9.82. The Kier molecular flexibility index (Phi) is 18.1. The number of hydrogen-bond donors (Lipinski definition) is 7. The van der Waals surface area contributed by atoms with E-state index in [1.165, 1.54) is 0 Å². The second kappa shape index (κ2) is 22.4. The Balaban J connectivity index is 1.75. The average molecular weight is 764 g/mol. The van der Waals surface area contributed by atoms with Crippen molar-refractivity contribution in [3.8, 4) is 0 Å². The van der Waals surface area contributed by atoms with Crippen LogP contribution in [0.1, 0.15) is 74.9 Å². The van der Waals surface area contributed by atoms with Crippen LogP contribution in [-0.2, 0) is 32.1 Å². The molecule has 0 spiro atoms. The van der Waals surface area contributed by atoms with Gasteiger partial charge in [0.1, 0.15) is 24.2 Å². The summed E-state index contributed by atoms with van der Waals surface area (Å²) < 4.78 is 0. The number of amides is 4. The molecule has 15 nitrogen and oxygen atoms in total. The van der Waals surface area contributed by atoms with Gasteiger partial charge in [0.15, 0.2) is 5.96 Å². The van der Waals surface area contributed by atoms with Crippen LogP contribution >= 0.6 is 0 Å². The van der Waals surface area contributed by atoms with Crippen LogP contribution in [0.15, 0.2) is 59.6 Å². The van der Waals surface area contributed by atoms with E-state index in [2.05, 4.69) is 43.1 Å². The molecule has 15 heteroatoms. The van der Waals surface area contributed by atoms with Gasteiger partial charge in [0.2, 0.25) is 17.7 Å². The number of aliphatic carboxylic acids is 1. The molecule has 3 rings (SSSR count). The Hall–Kier alpha value is -5.02. The van der Waals surface area contributed by atoms with Crippen molar-refractivity contribution < 1.29 is 29.1 Å². The molecule has 1 aliphatic rings. The van der Waals surface area contributed by atoms with Crippen molar-refractivity contribution in [1.29, 1.82) is 0 Å². The number of carbonyl (C=O) groups is 5. The topological polar surface area (TPSA) is 225 Å². The van der Waals surface area contributed by atoms with E-state index in [1.54, 1.807) is 43.3 Å². The zero-order valence-electron chi connectivity index (χ0n) is 32.9. The monoisotopic (exact) mass is 763 g/mol. The van der Waals surface area contributed by atoms with Crippen molar-refractivity contribution in [1.82, 2.24) is 31.1 Å². The zero-order chi connectivity index (χ0) is 40.5. The van der Waals surface area contributed by atoms with Crippen molar-refractivity contribution in [3.63, 3.8) is 0 Å². The molecule has 0 aromatic heterocycles. The van der Waals surface area contributed by atoms with Crippen molar-refractivity contribution in [3.05, 3.63) is 71.3 Å². The molecule has 1 heterocycles. The van der Waals surface area contributed by atoms with E-state index in [-0.39, 0.29) is 43.6 Å². The minimum absolute atomic E-state index is 0.0338. The molecule has 9 N–H and O–H groups in total. The van der Waals surface area contributed by atoms with Crippen molar-refractivity contribution in [2.45, 2.75) is 90.5 Å². The van der Waals surface area contributed by atoms with Crippen LogP contribution in [0.3, 0.4) is 0 Å². The number of carbonyl (C=O) groups excluding carboxylic acids is 4. The van der Waals surface area contributed by atoms with Gasteiger partial charge in [-0.1, -0.05) is 76.6 Å². The van der Waals surface area contributed by atoms with Crippen molar-refractivity contribution in [2.24, 2.45) is 28.3 Å². The highest BCUT2D eigenvalue weighted by Crippen LogP contribution is 2.14. The number of carboxylic acid groups (broad SMARTS) is 1. The summed E-state index contributed by atoms with van der Waals surface area (Å²) in [5.74, 6) is -3.96. The molecule has 0 saturated carbocycles. The van der Waals surface area contributed by atoms with Crippen LogP contribution < -0.4 is 32.7 Å². The van der Waals surface area contributed by atoms with Crippen LogP contribution in [0.5, 0.6) is 0 Å². The summed E-state index contributed by atoms with van der Waals surface area (Å²) in [4.78, 5) is 75.6. The van der Waals surface area contributed by atoms with E-state index in [0.29, 0.717) is 18.4 Å². The van der Waals surface area contributed by atoms with Gasteiger partial charge >= 0.3 is 5.97 Å². The summed E-state index contributed by atoms with van der Waals surface area (Å²) in [6.07, 6.45) is 1.36. The highest BCUT2D eigenvalue weighted by Gasteiger charge is 2.34. The summed E-state index contributed by atoms with van der Waals surface area (Å²) in [5.41, 5.74) is 13.2. The Morgan fingerprint density at radius 3 is 1.98 bits per heavy atom. The first-order valence-electron chi connectivity index (χ1n) is 19.2. The number of carboxylic acids is 1. The van der Waals surface area contributed by atoms with Gasteiger partial charge in [-0.15, -0.1) is 0 Å². The van der Waals surface area contributed by atoms with E-state index in [0.717, 1.165) is 43.9 Å². The lowest BCUT2D eigenvalue weighted by atomic mass is 9.96. The van der Waals surface area contributed by atoms with Gasteiger partial charge < -0.3 is 42.7 Å². The number of nitrogens with two attached hydrogens (primary N) is 2. The molecule has 1 aliphatic heterocycles. The fourth-order valence-electron chi connectivity index (χ4n) is 6.28. The molecule has 0 radical (unpaired) electrons. The number of likely N-dealkylation sites (N-methyl/N-ethyl adjacent to an activating group) is 1. The molecule has 1 fully saturated rings. The summed E-state index contributed by atoms with van der Waals surface area (Å²) >= 11 is 0. The number of guanidine groups is 1.